The first-order valence-electron chi connectivity index (χ1n) is 5.36. The van der Waals surface area contributed by atoms with Crippen LogP contribution < -0.4 is 5.73 Å². The molecule has 1 nitrogen and oxygen atoms in total. The van der Waals surface area contributed by atoms with E-state index >= 15 is 0 Å². The maximum atomic E-state index is 6.21. The number of hydrogen-bond acceptors (Lipinski definition) is 1. The third kappa shape index (κ3) is 1.25. The molecule has 3 rings (SSSR count). The van der Waals surface area contributed by atoms with Gasteiger partial charge in [-0.25, -0.2) is 0 Å². The lowest BCUT2D eigenvalue weighted by atomic mass is 9.53. The van der Waals surface area contributed by atoms with E-state index < -0.39 is 0 Å². The van der Waals surface area contributed by atoms with E-state index in [1.165, 1.54) is 25.7 Å². The van der Waals surface area contributed by atoms with Gasteiger partial charge in [-0.05, 0) is 36.5 Å². The predicted molar refractivity (Wildman–Crippen MR) is 56.4 cm³/mol. The quantitative estimate of drug-likeness (QED) is 0.568. The largest absolute Gasteiger partial charge is 0.322 e. The Morgan fingerprint density at radius 1 is 1.00 bits per heavy atom. The van der Waals surface area contributed by atoms with Gasteiger partial charge in [0, 0.05) is 5.54 Å². The van der Waals surface area contributed by atoms with Crippen LogP contribution in [-0.2, 0) is 0 Å². The predicted octanol–water partition coefficient (Wildman–Crippen LogP) is 2.86. The first-order chi connectivity index (χ1) is 5.87. The van der Waals surface area contributed by atoms with Crippen molar-refractivity contribution >= 4 is 0 Å². The van der Waals surface area contributed by atoms with Crippen LogP contribution in [0.3, 0.4) is 0 Å². The first-order valence-corrected chi connectivity index (χ1v) is 5.36. The second kappa shape index (κ2) is 2.38. The van der Waals surface area contributed by atoms with Crippen molar-refractivity contribution in [1.29, 1.82) is 0 Å². The van der Waals surface area contributed by atoms with Crippen molar-refractivity contribution in [3.05, 3.63) is 12.2 Å². The lowest BCUT2D eigenvalue weighted by molar-refractivity contribution is 0.0567. The van der Waals surface area contributed by atoms with Gasteiger partial charge in [0.25, 0.3) is 0 Å². The summed E-state index contributed by atoms with van der Waals surface area (Å²) in [6.45, 7) is 7.06. The van der Waals surface area contributed by atoms with Crippen LogP contribution in [-0.4, -0.2) is 5.54 Å². The zero-order chi connectivity index (χ0) is 9.74. The van der Waals surface area contributed by atoms with Crippen LogP contribution in [0.1, 0.15) is 46.5 Å². The van der Waals surface area contributed by atoms with Crippen LogP contribution in [0.25, 0.3) is 0 Å². The fraction of sp³-hybridized carbons (Fsp3) is 0.833. The molecule has 0 aromatic carbocycles. The van der Waals surface area contributed by atoms with Gasteiger partial charge in [0.05, 0.1) is 0 Å². The van der Waals surface area contributed by atoms with Crippen LogP contribution in [0.2, 0.25) is 0 Å². The first kappa shape index (κ1) is 9.26. The maximum Gasteiger partial charge on any atom is 0.0339 e. The maximum absolute atomic E-state index is 6.21. The summed E-state index contributed by atoms with van der Waals surface area (Å²) in [7, 11) is 0. The highest BCUT2D eigenvalue weighted by atomic mass is 14.8. The second-order valence-corrected chi connectivity index (χ2v) is 5.97. The highest BCUT2D eigenvalue weighted by Crippen LogP contribution is 2.55. The molecule has 74 valence electrons. The van der Waals surface area contributed by atoms with Gasteiger partial charge in [0.1, 0.15) is 0 Å². The highest BCUT2D eigenvalue weighted by molar-refractivity contribution is 5.22. The van der Waals surface area contributed by atoms with E-state index in [9.17, 15) is 0 Å². The van der Waals surface area contributed by atoms with Crippen molar-refractivity contribution in [1.82, 2.24) is 0 Å². The van der Waals surface area contributed by atoms with Gasteiger partial charge in [-0.2, -0.15) is 0 Å². The van der Waals surface area contributed by atoms with E-state index in [1.807, 2.05) is 0 Å². The molecule has 0 heterocycles. The molecule has 0 aliphatic heterocycles. The van der Waals surface area contributed by atoms with E-state index in [4.69, 9.17) is 5.73 Å². The molecule has 0 unspecified atom stereocenters. The Labute approximate surface area is 81.4 Å². The molecule has 3 aliphatic rings. The summed E-state index contributed by atoms with van der Waals surface area (Å²) in [6, 6.07) is 0. The van der Waals surface area contributed by atoms with Gasteiger partial charge < -0.3 is 5.73 Å². The highest BCUT2D eigenvalue weighted by Gasteiger charge is 2.48. The summed E-state index contributed by atoms with van der Waals surface area (Å²) in [5.74, 6) is 0. The SMILES string of the molecule is CC(C)(C)C12C=CC(N)(CC1)CC2. The minimum atomic E-state index is 0.0486. The van der Waals surface area contributed by atoms with Crippen molar-refractivity contribution in [3.8, 4) is 0 Å². The molecule has 0 aromatic rings. The minimum absolute atomic E-state index is 0.0486. The lowest BCUT2D eigenvalue weighted by Gasteiger charge is -2.53. The molecule has 1 saturated carbocycles. The Kier molecular flexibility index (Phi) is 1.70. The summed E-state index contributed by atoms with van der Waals surface area (Å²) in [5, 5.41) is 0. The zero-order valence-corrected chi connectivity index (χ0v) is 9.06. The van der Waals surface area contributed by atoms with Crippen molar-refractivity contribution < 1.29 is 0 Å². The van der Waals surface area contributed by atoms with Crippen LogP contribution >= 0.6 is 0 Å². The Morgan fingerprint density at radius 2 is 1.54 bits per heavy atom. The molecule has 0 spiro atoms. The Bertz CT molecular complexity index is 236. The van der Waals surface area contributed by atoms with Crippen molar-refractivity contribution in [2.24, 2.45) is 16.6 Å². The summed E-state index contributed by atoms with van der Waals surface area (Å²) in [6.07, 6.45) is 9.60. The zero-order valence-electron chi connectivity index (χ0n) is 9.06. The topological polar surface area (TPSA) is 26.0 Å². The van der Waals surface area contributed by atoms with E-state index in [0.717, 1.165) is 0 Å². The van der Waals surface area contributed by atoms with Crippen LogP contribution in [0, 0.1) is 10.8 Å². The summed E-state index contributed by atoms with van der Waals surface area (Å²) >= 11 is 0. The molecule has 2 N–H and O–H groups in total. The Hall–Kier alpha value is -0.300. The second-order valence-electron chi connectivity index (χ2n) is 5.97. The molecule has 13 heavy (non-hydrogen) atoms. The molecule has 1 fully saturated rings. The number of allylic oxidation sites excluding steroid dienone is 1. The molecule has 0 atom stereocenters. The summed E-state index contributed by atoms with van der Waals surface area (Å²) in [5.41, 5.74) is 7.09. The fourth-order valence-electron chi connectivity index (χ4n) is 2.82. The van der Waals surface area contributed by atoms with Crippen LogP contribution in [0.5, 0.6) is 0 Å². The minimum Gasteiger partial charge on any atom is -0.322 e. The fourth-order valence-corrected chi connectivity index (χ4v) is 2.82. The number of fused-ring (bicyclic) bond motifs is 2. The van der Waals surface area contributed by atoms with Gasteiger partial charge in [-0.1, -0.05) is 32.9 Å². The van der Waals surface area contributed by atoms with Crippen molar-refractivity contribution in [3.63, 3.8) is 0 Å². The number of nitrogens with two attached hydrogens (primary N) is 1. The van der Waals surface area contributed by atoms with Gasteiger partial charge >= 0.3 is 0 Å². The summed E-state index contributed by atoms with van der Waals surface area (Å²) in [4.78, 5) is 0. The summed E-state index contributed by atoms with van der Waals surface area (Å²) < 4.78 is 0. The van der Waals surface area contributed by atoms with Gasteiger partial charge in [-0.15, -0.1) is 0 Å². The normalized spacial score (nSPS) is 44.0. The molecular formula is C12H21N. The van der Waals surface area contributed by atoms with E-state index in [-0.39, 0.29) is 5.54 Å². The van der Waals surface area contributed by atoms with E-state index in [0.29, 0.717) is 10.8 Å². The number of hydrogen-bond donors (Lipinski definition) is 1. The average molecular weight is 179 g/mol. The molecular weight excluding hydrogens is 158 g/mol. The molecule has 0 aromatic heterocycles. The molecule has 0 saturated heterocycles. The monoisotopic (exact) mass is 179 g/mol. The van der Waals surface area contributed by atoms with Gasteiger partial charge in [-0.3, -0.25) is 0 Å². The van der Waals surface area contributed by atoms with Crippen molar-refractivity contribution in [2.45, 2.75) is 52.0 Å². The average Bonchev–Trinajstić information content (AvgIpc) is 2.04. The standard InChI is InChI=1S/C12H21N/c1-10(2,3)11-4-7-12(13,8-5-11)9-6-11/h4,7H,5-6,8-9,13H2,1-3H3. The lowest BCUT2D eigenvalue weighted by Crippen LogP contribution is -2.51. The molecule has 0 amide bonds. The smallest absolute Gasteiger partial charge is 0.0339 e. The van der Waals surface area contributed by atoms with E-state index in [2.05, 4.69) is 32.9 Å². The molecule has 0 radical (unpaired) electrons. The molecule has 3 aliphatic carbocycles. The third-order valence-corrected chi connectivity index (χ3v) is 4.30. The molecule has 1 heteroatoms. The van der Waals surface area contributed by atoms with E-state index in [1.54, 1.807) is 0 Å². The van der Waals surface area contributed by atoms with Gasteiger partial charge in [0.15, 0.2) is 0 Å². The van der Waals surface area contributed by atoms with Gasteiger partial charge in [0.2, 0.25) is 0 Å². The number of rotatable bonds is 0. The van der Waals surface area contributed by atoms with Crippen LogP contribution in [0.4, 0.5) is 0 Å². The van der Waals surface area contributed by atoms with Crippen LogP contribution in [0.15, 0.2) is 12.2 Å². The third-order valence-electron chi connectivity index (χ3n) is 4.30. The Balaban J connectivity index is 2.34. The Morgan fingerprint density at radius 3 is 1.85 bits per heavy atom. The molecule has 2 bridgehead atoms. The van der Waals surface area contributed by atoms with Crippen molar-refractivity contribution in [2.75, 3.05) is 0 Å².